The van der Waals surface area contributed by atoms with E-state index >= 15 is 0 Å². The number of hydrazine groups is 2. The van der Waals surface area contributed by atoms with E-state index in [0.717, 1.165) is 27.2 Å². The van der Waals surface area contributed by atoms with Crippen LogP contribution in [0.2, 0.25) is 0 Å². The van der Waals surface area contributed by atoms with E-state index in [1.54, 1.807) is 91.0 Å². The molecule has 0 aromatic heterocycles. The van der Waals surface area contributed by atoms with Gasteiger partial charge in [0, 0.05) is 40.2 Å². The summed E-state index contributed by atoms with van der Waals surface area (Å²) in [5.41, 5.74) is 19.2. The van der Waals surface area contributed by atoms with Gasteiger partial charge in [-0.1, -0.05) is 54.6 Å². The fourth-order valence-corrected chi connectivity index (χ4v) is 6.36. The van der Waals surface area contributed by atoms with Gasteiger partial charge in [0.2, 0.25) is 0 Å². The monoisotopic (exact) mass is 716 g/mol. The first-order valence-electron chi connectivity index (χ1n) is 17.2. The number of rotatable bonds is 8. The van der Waals surface area contributed by atoms with Crippen molar-refractivity contribution in [3.63, 3.8) is 0 Å². The van der Waals surface area contributed by atoms with E-state index in [2.05, 4.69) is 21.7 Å². The smallest absolute Gasteiger partial charge is 0.269 e. The van der Waals surface area contributed by atoms with Crippen molar-refractivity contribution in [1.29, 1.82) is 0 Å². The molecule has 11 nitrogen and oxygen atoms in total. The van der Waals surface area contributed by atoms with Crippen LogP contribution in [0.25, 0.3) is 11.1 Å². The maximum Gasteiger partial charge on any atom is 0.269 e. The Balaban J connectivity index is 1.06. The van der Waals surface area contributed by atoms with Crippen molar-refractivity contribution >= 4 is 57.7 Å². The first kappa shape index (κ1) is 35.1. The number of nitrogens with one attached hydrogen (secondary N) is 4. The lowest BCUT2D eigenvalue weighted by molar-refractivity contribution is -0.113. The zero-order chi connectivity index (χ0) is 38.1. The summed E-state index contributed by atoms with van der Waals surface area (Å²) in [5.74, 6) is -2.35. The number of benzene rings is 5. The van der Waals surface area contributed by atoms with Crippen LogP contribution in [0.5, 0.6) is 0 Å². The van der Waals surface area contributed by atoms with Gasteiger partial charge in [0.15, 0.2) is 0 Å². The second kappa shape index (κ2) is 14.4. The van der Waals surface area contributed by atoms with Gasteiger partial charge in [-0.25, -0.2) is 9.80 Å². The van der Waals surface area contributed by atoms with Crippen LogP contribution in [0.4, 0.5) is 17.1 Å². The Morgan fingerprint density at radius 2 is 0.981 bits per heavy atom. The molecule has 0 aliphatic carbocycles. The van der Waals surface area contributed by atoms with Crippen molar-refractivity contribution < 1.29 is 24.0 Å². The number of carbonyl (C=O) groups excluding carboxylic acids is 5. The van der Waals surface area contributed by atoms with Crippen molar-refractivity contribution in [2.45, 2.75) is 27.7 Å². The van der Waals surface area contributed by atoms with Crippen molar-refractivity contribution in [2.24, 2.45) is 0 Å². The minimum Gasteiger partial charge on any atom is -0.307 e. The van der Waals surface area contributed by atoms with Crippen LogP contribution >= 0.6 is 0 Å². The maximum atomic E-state index is 13.8. The molecule has 0 saturated heterocycles. The van der Waals surface area contributed by atoms with Gasteiger partial charge in [0.05, 0.1) is 28.2 Å². The molecule has 11 heteroatoms. The minimum atomic E-state index is -0.532. The molecule has 5 aromatic rings. The average molecular weight is 717 g/mol. The van der Waals surface area contributed by atoms with Crippen LogP contribution in [0.3, 0.4) is 0 Å². The molecule has 0 saturated carbocycles. The number of fused-ring (bicyclic) bond motifs is 2. The molecule has 0 bridgehead atoms. The third kappa shape index (κ3) is 6.50. The summed E-state index contributed by atoms with van der Waals surface area (Å²) in [6.07, 6.45) is 2.87. The number of anilines is 3. The van der Waals surface area contributed by atoms with Gasteiger partial charge >= 0.3 is 0 Å². The highest BCUT2D eigenvalue weighted by Gasteiger charge is 2.37. The van der Waals surface area contributed by atoms with Gasteiger partial charge in [-0.2, -0.15) is 0 Å². The Labute approximate surface area is 311 Å². The van der Waals surface area contributed by atoms with Crippen molar-refractivity contribution in [2.75, 3.05) is 15.2 Å². The van der Waals surface area contributed by atoms with Gasteiger partial charge in [-0.15, -0.1) is 0 Å². The van der Waals surface area contributed by atoms with Gasteiger partial charge in [-0.3, -0.25) is 29.4 Å². The lowest BCUT2D eigenvalue weighted by Crippen LogP contribution is -2.43. The molecular weight excluding hydrogens is 681 g/mol. The van der Waals surface area contributed by atoms with Crippen molar-refractivity contribution in [3.8, 4) is 0 Å². The van der Waals surface area contributed by atoms with Crippen molar-refractivity contribution in [3.05, 3.63) is 172 Å². The fourth-order valence-electron chi connectivity index (χ4n) is 6.36. The number of imide groups is 2. The topological polar surface area (TPSA) is 140 Å². The number of amides is 5. The molecule has 4 N–H and O–H groups in total. The van der Waals surface area contributed by atoms with Crippen LogP contribution in [0.1, 0.15) is 64.5 Å². The third-order valence-electron chi connectivity index (χ3n) is 9.63. The van der Waals surface area contributed by atoms with E-state index in [0.29, 0.717) is 39.3 Å². The van der Waals surface area contributed by atoms with Gasteiger partial charge < -0.3 is 16.3 Å². The normalized spacial score (nSPS) is 15.3. The highest BCUT2D eigenvalue weighted by Crippen LogP contribution is 2.34. The molecule has 268 valence electrons. The standard InChI is InChI=1S/C43H36N6O5/c1-25-16-18-31(20-27(25)3)48-40(51)35-14-7-5-12-33(35)37(42(48)53)23-44-46-30-11-9-10-29(22-30)39(50)47-45-24-38-34-13-6-8-15-36(34)41(52)49(43(38)54)32-19-17-26(2)28(4)21-32/h5-24,44-46H,1-4H3,(H,47,50)/b37-23-,38-24-. The van der Waals surface area contributed by atoms with Crippen LogP contribution in [-0.4, -0.2) is 29.5 Å². The second-order valence-corrected chi connectivity index (χ2v) is 13.1. The van der Waals surface area contributed by atoms with E-state index in [1.807, 2.05) is 45.9 Å². The summed E-state index contributed by atoms with van der Waals surface area (Å²) in [6, 6.07) is 31.2. The zero-order valence-electron chi connectivity index (χ0n) is 30.0. The van der Waals surface area contributed by atoms with E-state index in [1.165, 1.54) is 17.3 Å². The van der Waals surface area contributed by atoms with Crippen LogP contribution in [0.15, 0.2) is 122 Å². The van der Waals surface area contributed by atoms with Gasteiger partial charge in [0.25, 0.3) is 29.5 Å². The number of hydrogen-bond acceptors (Lipinski definition) is 8. The SMILES string of the molecule is Cc1ccc(N2C(=O)/C(=C\NNC(=O)c3cccc(NN/C=C4\C(=O)N(c5ccc(C)c(C)c5)C(=O)c5ccccc54)c3)c3ccccc3C2=O)cc1C. The summed E-state index contributed by atoms with van der Waals surface area (Å²) in [5, 5.41) is 0. The Morgan fingerprint density at radius 1 is 0.500 bits per heavy atom. The van der Waals surface area contributed by atoms with E-state index < -0.39 is 29.5 Å². The first-order valence-corrected chi connectivity index (χ1v) is 17.2. The summed E-state index contributed by atoms with van der Waals surface area (Å²) in [4.78, 5) is 70.0. The summed E-state index contributed by atoms with van der Waals surface area (Å²) in [7, 11) is 0. The molecule has 0 atom stereocenters. The predicted molar refractivity (Wildman–Crippen MR) is 208 cm³/mol. The number of carbonyl (C=O) groups is 5. The quantitative estimate of drug-likeness (QED) is 0.0808. The van der Waals surface area contributed by atoms with Crippen LogP contribution in [0, 0.1) is 27.7 Å². The predicted octanol–water partition coefficient (Wildman–Crippen LogP) is 6.53. The average Bonchev–Trinajstić information content (AvgIpc) is 3.17. The summed E-state index contributed by atoms with van der Waals surface area (Å²) in [6.45, 7) is 7.76. The van der Waals surface area contributed by atoms with Crippen LogP contribution < -0.4 is 31.5 Å². The van der Waals surface area contributed by atoms with Gasteiger partial charge in [-0.05, 0) is 105 Å². The van der Waals surface area contributed by atoms with Crippen molar-refractivity contribution in [1.82, 2.24) is 16.3 Å². The molecule has 54 heavy (non-hydrogen) atoms. The number of hydrogen-bond donors (Lipinski definition) is 4. The Morgan fingerprint density at radius 3 is 1.48 bits per heavy atom. The molecule has 0 spiro atoms. The Kier molecular flexibility index (Phi) is 9.37. The summed E-state index contributed by atoms with van der Waals surface area (Å²) < 4.78 is 0. The molecular formula is C43H36N6O5. The highest BCUT2D eigenvalue weighted by molar-refractivity contribution is 6.42. The lowest BCUT2D eigenvalue weighted by Gasteiger charge is -2.29. The zero-order valence-corrected chi connectivity index (χ0v) is 30.0. The molecule has 2 aliphatic heterocycles. The highest BCUT2D eigenvalue weighted by atomic mass is 16.2. The fraction of sp³-hybridized carbons (Fsp3) is 0.0930. The van der Waals surface area contributed by atoms with E-state index in [-0.39, 0.29) is 16.7 Å². The molecule has 7 rings (SSSR count). The lowest BCUT2D eigenvalue weighted by atomic mass is 9.93. The molecule has 5 amide bonds. The van der Waals surface area contributed by atoms with Crippen LogP contribution in [-0.2, 0) is 9.59 Å². The summed E-state index contributed by atoms with van der Waals surface area (Å²) >= 11 is 0. The number of nitrogens with zero attached hydrogens (tertiary/aromatic N) is 2. The molecule has 0 fully saturated rings. The molecule has 5 aromatic carbocycles. The molecule has 2 heterocycles. The molecule has 0 radical (unpaired) electrons. The molecule has 0 unspecified atom stereocenters. The minimum absolute atomic E-state index is 0.202. The Hall–Kier alpha value is -7.27. The Bertz CT molecular complexity index is 2470. The third-order valence-corrected chi connectivity index (χ3v) is 9.63. The number of aryl methyl sites for hydroxylation is 4. The van der Waals surface area contributed by atoms with E-state index in [9.17, 15) is 24.0 Å². The van der Waals surface area contributed by atoms with Gasteiger partial charge in [0.1, 0.15) is 0 Å². The molecule has 2 aliphatic rings. The van der Waals surface area contributed by atoms with E-state index in [4.69, 9.17) is 0 Å². The maximum absolute atomic E-state index is 13.8. The second-order valence-electron chi connectivity index (χ2n) is 13.1. The first-order chi connectivity index (χ1) is 26.0. The largest absolute Gasteiger partial charge is 0.307 e.